The van der Waals surface area contributed by atoms with E-state index in [1.54, 1.807) is 6.20 Å². The molecule has 2 spiro atoms. The number of likely N-dealkylation sites (tertiary alicyclic amines) is 2. The normalized spacial score (nSPS) is 24.0. The van der Waals surface area contributed by atoms with Crippen molar-refractivity contribution in [2.24, 2.45) is 16.6 Å². The van der Waals surface area contributed by atoms with Crippen LogP contribution in [0.2, 0.25) is 0 Å². The van der Waals surface area contributed by atoms with Gasteiger partial charge in [-0.15, -0.1) is 0 Å². The molecule has 1 atom stereocenters. The number of ether oxygens (including phenoxy) is 1. The molecule has 4 aliphatic heterocycles. The van der Waals surface area contributed by atoms with Crippen molar-refractivity contribution in [1.82, 2.24) is 24.8 Å². The van der Waals surface area contributed by atoms with Gasteiger partial charge < -0.3 is 35.8 Å². The molecule has 4 N–H and O–H groups in total. The number of aromatic nitrogens is 3. The minimum absolute atomic E-state index is 0.0906. The predicted molar refractivity (Wildman–Crippen MR) is 189 cm³/mol. The van der Waals surface area contributed by atoms with Crippen LogP contribution in [0, 0.1) is 17.8 Å². The van der Waals surface area contributed by atoms with Crippen LogP contribution in [0.1, 0.15) is 61.0 Å². The molecule has 0 radical (unpaired) electrons. The lowest BCUT2D eigenvalue weighted by molar-refractivity contribution is -0.0419. The van der Waals surface area contributed by atoms with Crippen LogP contribution in [0.3, 0.4) is 0 Å². The van der Waals surface area contributed by atoms with Crippen LogP contribution in [0.4, 0.5) is 23.0 Å². The second-order valence-electron chi connectivity index (χ2n) is 15.2. The Labute approximate surface area is 283 Å². The molecule has 254 valence electrons. The van der Waals surface area contributed by atoms with Gasteiger partial charge in [0.1, 0.15) is 5.69 Å². The summed E-state index contributed by atoms with van der Waals surface area (Å²) in [6.07, 6.45) is 10.00. The number of pyridine rings is 1. The Balaban J connectivity index is 0.975. The van der Waals surface area contributed by atoms with Gasteiger partial charge in [0.2, 0.25) is 0 Å². The van der Waals surface area contributed by atoms with E-state index in [0.717, 1.165) is 50.2 Å². The summed E-state index contributed by atoms with van der Waals surface area (Å²) >= 11 is 0. The molecule has 1 aliphatic carbocycles. The van der Waals surface area contributed by atoms with E-state index in [1.165, 1.54) is 57.5 Å². The maximum absolute atomic E-state index is 12.8. The fourth-order valence-corrected chi connectivity index (χ4v) is 8.78. The van der Waals surface area contributed by atoms with Gasteiger partial charge in [-0.3, -0.25) is 9.78 Å². The third-order valence-corrected chi connectivity index (χ3v) is 11.8. The molecule has 5 fully saturated rings. The van der Waals surface area contributed by atoms with Crippen LogP contribution in [0.5, 0.6) is 0 Å². The fourth-order valence-electron chi connectivity index (χ4n) is 8.78. The Bertz CT molecular complexity index is 1630. The number of primary amides is 1. The standard InChI is InChI=1S/C37H49N9O2/c1-25-4-3-16-39-30(25)31-34(41-29-11-21-48-24-37(29)12-13-37)43-35(32(42-31)33(38)47)40-26-5-7-27(8-6-26)45-17-9-28(10-18-45)46-19-14-36(15-20-46)22-44(2)23-36/h3-8,16,28-29H,9-15,17-24H2,1-2H3,(H2,38,47)(H2,40,41,43). The molecule has 1 aromatic carbocycles. The third-order valence-electron chi connectivity index (χ3n) is 11.8. The molecule has 1 unspecified atom stereocenters. The quantitative estimate of drug-likeness (QED) is 0.317. The topological polar surface area (TPSA) is 125 Å². The molecular formula is C37H49N9O2. The molecular weight excluding hydrogens is 602 g/mol. The zero-order valence-electron chi connectivity index (χ0n) is 28.4. The van der Waals surface area contributed by atoms with E-state index in [1.807, 2.05) is 19.1 Å². The van der Waals surface area contributed by atoms with Crippen LogP contribution in [0.25, 0.3) is 11.4 Å². The zero-order valence-corrected chi connectivity index (χ0v) is 28.4. The highest BCUT2D eigenvalue weighted by Gasteiger charge is 2.51. The molecule has 48 heavy (non-hydrogen) atoms. The lowest BCUT2D eigenvalue weighted by Gasteiger charge is -2.54. The largest absolute Gasteiger partial charge is 0.381 e. The van der Waals surface area contributed by atoms with Gasteiger partial charge in [-0.25, -0.2) is 9.97 Å². The lowest BCUT2D eigenvalue weighted by Crippen LogP contribution is -2.60. The van der Waals surface area contributed by atoms with Crippen molar-refractivity contribution in [1.29, 1.82) is 0 Å². The Kier molecular flexibility index (Phi) is 8.25. The van der Waals surface area contributed by atoms with Gasteiger partial charge in [-0.1, -0.05) is 6.07 Å². The monoisotopic (exact) mass is 651 g/mol. The number of benzene rings is 1. The first-order valence-corrected chi connectivity index (χ1v) is 17.8. The summed E-state index contributed by atoms with van der Waals surface area (Å²) in [7, 11) is 2.25. The third kappa shape index (κ3) is 6.12. The Morgan fingerprint density at radius 3 is 2.35 bits per heavy atom. The van der Waals surface area contributed by atoms with E-state index in [9.17, 15) is 4.79 Å². The second-order valence-corrected chi connectivity index (χ2v) is 15.2. The minimum Gasteiger partial charge on any atom is -0.381 e. The van der Waals surface area contributed by atoms with Crippen molar-refractivity contribution >= 4 is 28.9 Å². The van der Waals surface area contributed by atoms with Gasteiger partial charge in [0.05, 0.1) is 12.3 Å². The highest BCUT2D eigenvalue weighted by atomic mass is 16.5. The molecule has 1 amide bonds. The second kappa shape index (κ2) is 12.6. The molecule has 11 nitrogen and oxygen atoms in total. The summed E-state index contributed by atoms with van der Waals surface area (Å²) in [6, 6.07) is 13.2. The van der Waals surface area contributed by atoms with Gasteiger partial charge in [-0.2, -0.15) is 0 Å². The maximum atomic E-state index is 12.8. The number of carbonyl (C=O) groups is 1. The summed E-state index contributed by atoms with van der Waals surface area (Å²) in [5.41, 5.74) is 10.9. The first-order chi connectivity index (χ1) is 23.3. The molecule has 0 bridgehead atoms. The van der Waals surface area contributed by atoms with E-state index < -0.39 is 5.91 Å². The van der Waals surface area contributed by atoms with Gasteiger partial charge in [0.25, 0.3) is 5.91 Å². The highest BCUT2D eigenvalue weighted by Crippen LogP contribution is 2.52. The number of hydrogen-bond donors (Lipinski definition) is 3. The van der Waals surface area contributed by atoms with Gasteiger partial charge in [0, 0.05) is 67.9 Å². The SMILES string of the molecule is Cc1cccnc1-c1nc(C(N)=O)c(Nc2ccc(N3CCC(N4CCC5(CC4)CN(C)C5)CC3)cc2)nc1NC1CCOCC12CC2. The molecule has 4 saturated heterocycles. The molecule has 6 heterocycles. The molecule has 5 aliphatic rings. The summed E-state index contributed by atoms with van der Waals surface area (Å²) in [6.45, 7) is 10.7. The first-order valence-electron chi connectivity index (χ1n) is 17.8. The number of amides is 1. The lowest BCUT2D eigenvalue weighted by atomic mass is 9.72. The summed E-state index contributed by atoms with van der Waals surface area (Å²) < 4.78 is 5.84. The van der Waals surface area contributed by atoms with Crippen molar-refractivity contribution in [2.75, 3.05) is 75.1 Å². The van der Waals surface area contributed by atoms with Crippen molar-refractivity contribution in [3.05, 3.63) is 53.9 Å². The number of anilines is 4. The molecule has 11 heteroatoms. The fraction of sp³-hybridized carbons (Fsp3) is 0.568. The number of nitrogens with zero attached hydrogens (tertiary/aromatic N) is 6. The number of hydrogen-bond acceptors (Lipinski definition) is 10. The molecule has 2 aromatic heterocycles. The summed E-state index contributed by atoms with van der Waals surface area (Å²) in [4.78, 5) is 34.9. The van der Waals surface area contributed by atoms with Crippen molar-refractivity contribution < 1.29 is 9.53 Å². The highest BCUT2D eigenvalue weighted by molar-refractivity contribution is 5.97. The van der Waals surface area contributed by atoms with Crippen molar-refractivity contribution in [3.8, 4) is 11.4 Å². The van der Waals surface area contributed by atoms with Gasteiger partial charge >= 0.3 is 0 Å². The number of aryl methyl sites for hydroxylation is 1. The van der Waals surface area contributed by atoms with Crippen molar-refractivity contribution in [2.45, 2.75) is 64.0 Å². The van der Waals surface area contributed by atoms with Gasteiger partial charge in [-0.05, 0) is 113 Å². The number of rotatable bonds is 8. The smallest absolute Gasteiger partial charge is 0.271 e. The average molecular weight is 652 g/mol. The van der Waals surface area contributed by atoms with E-state index in [2.05, 4.69) is 61.6 Å². The Hall–Kier alpha value is -3.80. The van der Waals surface area contributed by atoms with Crippen LogP contribution in [-0.2, 0) is 4.74 Å². The zero-order chi connectivity index (χ0) is 32.9. The summed E-state index contributed by atoms with van der Waals surface area (Å²) in [5, 5.41) is 7.09. The minimum atomic E-state index is -0.639. The summed E-state index contributed by atoms with van der Waals surface area (Å²) in [5.74, 6) is 0.301. The predicted octanol–water partition coefficient (Wildman–Crippen LogP) is 4.67. The molecule has 1 saturated carbocycles. The van der Waals surface area contributed by atoms with Crippen LogP contribution >= 0.6 is 0 Å². The van der Waals surface area contributed by atoms with E-state index in [0.29, 0.717) is 41.1 Å². The Morgan fingerprint density at radius 2 is 1.69 bits per heavy atom. The molecule has 8 rings (SSSR count). The van der Waals surface area contributed by atoms with E-state index >= 15 is 0 Å². The van der Waals surface area contributed by atoms with Gasteiger partial charge in [0.15, 0.2) is 17.3 Å². The Morgan fingerprint density at radius 1 is 0.938 bits per heavy atom. The van der Waals surface area contributed by atoms with E-state index in [-0.39, 0.29) is 17.2 Å². The molecule has 3 aromatic rings. The first kappa shape index (κ1) is 31.5. The van der Waals surface area contributed by atoms with Crippen LogP contribution < -0.4 is 21.3 Å². The van der Waals surface area contributed by atoms with Crippen molar-refractivity contribution in [3.63, 3.8) is 0 Å². The number of carbonyl (C=O) groups excluding carboxylic acids is 1. The average Bonchev–Trinajstić information content (AvgIpc) is 3.86. The van der Waals surface area contributed by atoms with Crippen LogP contribution in [0.15, 0.2) is 42.6 Å². The number of nitrogens with two attached hydrogens (primary N) is 1. The van der Waals surface area contributed by atoms with E-state index in [4.69, 9.17) is 20.4 Å². The number of piperidine rings is 2. The number of nitrogens with one attached hydrogen (secondary N) is 2. The van der Waals surface area contributed by atoms with Crippen LogP contribution in [-0.4, -0.2) is 102 Å². The maximum Gasteiger partial charge on any atom is 0.271 e.